The summed E-state index contributed by atoms with van der Waals surface area (Å²) in [6, 6.07) is 3.02. The lowest BCUT2D eigenvalue weighted by Gasteiger charge is -2.35. The van der Waals surface area contributed by atoms with Gasteiger partial charge in [0.2, 0.25) is 10.0 Å². The second kappa shape index (κ2) is 5.44. The first-order chi connectivity index (χ1) is 8.91. The molecule has 0 aromatic carbocycles. The molecule has 19 heavy (non-hydrogen) atoms. The van der Waals surface area contributed by atoms with Crippen LogP contribution in [0.3, 0.4) is 0 Å². The maximum atomic E-state index is 12.5. The zero-order valence-corrected chi connectivity index (χ0v) is 12.1. The van der Waals surface area contributed by atoms with Crippen LogP contribution in [-0.2, 0) is 10.0 Å². The van der Waals surface area contributed by atoms with Crippen molar-refractivity contribution in [2.24, 2.45) is 0 Å². The van der Waals surface area contributed by atoms with E-state index in [0.717, 1.165) is 25.9 Å². The first kappa shape index (κ1) is 14.2. The summed E-state index contributed by atoms with van der Waals surface area (Å²) in [5, 5.41) is 0. The summed E-state index contributed by atoms with van der Waals surface area (Å²) >= 11 is 0. The van der Waals surface area contributed by atoms with Gasteiger partial charge in [0, 0.05) is 25.8 Å². The fourth-order valence-corrected chi connectivity index (χ4v) is 3.67. The predicted molar refractivity (Wildman–Crippen MR) is 74.1 cm³/mol. The molecule has 1 aromatic rings. The molecular weight excluding hydrogens is 264 g/mol. The first-order valence-electron chi connectivity index (χ1n) is 6.29. The van der Waals surface area contributed by atoms with Gasteiger partial charge >= 0.3 is 0 Å². The van der Waals surface area contributed by atoms with Crippen LogP contribution in [0.5, 0.6) is 0 Å². The van der Waals surface area contributed by atoms with Crippen LogP contribution in [0.15, 0.2) is 23.2 Å². The van der Waals surface area contributed by atoms with Crippen molar-refractivity contribution >= 4 is 15.8 Å². The highest BCUT2D eigenvalue weighted by molar-refractivity contribution is 7.89. The van der Waals surface area contributed by atoms with E-state index in [9.17, 15) is 8.42 Å². The molecule has 106 valence electrons. The van der Waals surface area contributed by atoms with Crippen LogP contribution in [0.4, 0.5) is 5.82 Å². The van der Waals surface area contributed by atoms with Gasteiger partial charge in [-0.3, -0.25) is 0 Å². The minimum atomic E-state index is -3.49. The van der Waals surface area contributed by atoms with E-state index >= 15 is 0 Å². The molecule has 1 unspecified atom stereocenters. The minimum Gasteiger partial charge on any atom is -0.384 e. The van der Waals surface area contributed by atoms with Crippen LogP contribution in [0.2, 0.25) is 0 Å². The van der Waals surface area contributed by atoms with Crippen molar-refractivity contribution in [1.82, 2.24) is 14.2 Å². The lowest BCUT2D eigenvalue weighted by Crippen LogP contribution is -2.47. The van der Waals surface area contributed by atoms with Gasteiger partial charge in [0.05, 0.1) is 0 Å². The van der Waals surface area contributed by atoms with E-state index in [2.05, 4.69) is 9.88 Å². The summed E-state index contributed by atoms with van der Waals surface area (Å²) in [5.74, 6) is 0.319. The molecule has 1 atom stereocenters. The number of piperidine rings is 1. The summed E-state index contributed by atoms with van der Waals surface area (Å²) < 4.78 is 26.4. The Balaban J connectivity index is 2.21. The predicted octanol–water partition coefficient (Wildman–Crippen LogP) is 0.378. The SMILES string of the molecule is CN1CCCC(N(C)S(=O)(=O)c2ccc(N)nc2)C1. The van der Waals surface area contributed by atoms with Crippen LogP contribution in [0.25, 0.3) is 0 Å². The quantitative estimate of drug-likeness (QED) is 0.868. The van der Waals surface area contributed by atoms with E-state index in [-0.39, 0.29) is 10.9 Å². The maximum absolute atomic E-state index is 12.5. The van der Waals surface area contributed by atoms with Crippen LogP contribution in [0, 0.1) is 0 Å². The molecule has 1 fully saturated rings. The zero-order valence-electron chi connectivity index (χ0n) is 11.3. The molecule has 1 aliphatic rings. The van der Waals surface area contributed by atoms with Crippen LogP contribution in [-0.4, -0.2) is 55.8 Å². The molecule has 0 bridgehead atoms. The third kappa shape index (κ3) is 3.05. The molecule has 2 rings (SSSR count). The fraction of sp³-hybridized carbons (Fsp3) is 0.583. The van der Waals surface area contributed by atoms with Crippen molar-refractivity contribution in [2.75, 3.05) is 32.9 Å². The van der Waals surface area contributed by atoms with Gasteiger partial charge in [0.15, 0.2) is 0 Å². The maximum Gasteiger partial charge on any atom is 0.244 e. The van der Waals surface area contributed by atoms with Crippen molar-refractivity contribution in [2.45, 2.75) is 23.8 Å². The van der Waals surface area contributed by atoms with E-state index in [1.165, 1.54) is 22.6 Å². The second-order valence-corrected chi connectivity index (χ2v) is 7.00. The number of likely N-dealkylation sites (tertiary alicyclic amines) is 1. The molecule has 6 nitrogen and oxygen atoms in total. The molecule has 0 saturated carbocycles. The highest BCUT2D eigenvalue weighted by atomic mass is 32.2. The van der Waals surface area contributed by atoms with Gasteiger partial charge < -0.3 is 10.6 Å². The molecule has 0 amide bonds. The van der Waals surface area contributed by atoms with Gasteiger partial charge in [0.1, 0.15) is 10.7 Å². The highest BCUT2D eigenvalue weighted by Crippen LogP contribution is 2.21. The number of pyridine rings is 1. The molecule has 1 aliphatic heterocycles. The van der Waals surface area contributed by atoms with Gasteiger partial charge in [0.25, 0.3) is 0 Å². The van der Waals surface area contributed by atoms with Crippen LogP contribution in [0.1, 0.15) is 12.8 Å². The molecule has 1 saturated heterocycles. The molecule has 0 aliphatic carbocycles. The van der Waals surface area contributed by atoms with Gasteiger partial charge in [-0.25, -0.2) is 13.4 Å². The fourth-order valence-electron chi connectivity index (χ4n) is 2.34. The Morgan fingerprint density at radius 3 is 2.79 bits per heavy atom. The average molecular weight is 284 g/mol. The standard InChI is InChI=1S/C12H20N4O2S/c1-15-7-3-4-10(9-15)16(2)19(17,18)11-5-6-12(13)14-8-11/h5-6,8,10H,3-4,7,9H2,1-2H3,(H2,13,14). The van der Waals surface area contributed by atoms with Gasteiger partial charge in [-0.05, 0) is 38.6 Å². The smallest absolute Gasteiger partial charge is 0.244 e. The Hall–Kier alpha value is -1.18. The van der Waals surface area contributed by atoms with Crippen molar-refractivity contribution < 1.29 is 8.42 Å². The lowest BCUT2D eigenvalue weighted by molar-refractivity contribution is 0.187. The second-order valence-electron chi connectivity index (χ2n) is 5.00. The number of sulfonamides is 1. The Kier molecular flexibility index (Phi) is 4.07. The van der Waals surface area contributed by atoms with Crippen LogP contribution >= 0.6 is 0 Å². The van der Waals surface area contributed by atoms with Crippen molar-refractivity contribution in [3.05, 3.63) is 18.3 Å². The van der Waals surface area contributed by atoms with Gasteiger partial charge in [-0.15, -0.1) is 0 Å². The van der Waals surface area contributed by atoms with Gasteiger partial charge in [-0.2, -0.15) is 4.31 Å². The molecule has 7 heteroatoms. The summed E-state index contributed by atoms with van der Waals surface area (Å²) in [7, 11) is 0.156. The Morgan fingerprint density at radius 2 is 2.21 bits per heavy atom. The molecular formula is C12H20N4O2S. The Bertz CT molecular complexity index is 529. The number of hydrogen-bond acceptors (Lipinski definition) is 5. The average Bonchev–Trinajstić information content (AvgIpc) is 2.38. The summed E-state index contributed by atoms with van der Waals surface area (Å²) in [4.78, 5) is 6.20. The topological polar surface area (TPSA) is 79.5 Å². The van der Waals surface area contributed by atoms with Crippen LogP contribution < -0.4 is 5.73 Å². The van der Waals surface area contributed by atoms with Crippen molar-refractivity contribution in [3.8, 4) is 0 Å². The Labute approximate surface area is 114 Å². The normalized spacial score (nSPS) is 21.7. The summed E-state index contributed by atoms with van der Waals surface area (Å²) in [6.07, 6.45) is 3.22. The number of hydrogen-bond donors (Lipinski definition) is 1. The molecule has 2 N–H and O–H groups in total. The Morgan fingerprint density at radius 1 is 1.47 bits per heavy atom. The van der Waals surface area contributed by atoms with E-state index in [0.29, 0.717) is 5.82 Å². The first-order valence-corrected chi connectivity index (χ1v) is 7.73. The number of aromatic nitrogens is 1. The number of nitrogens with zero attached hydrogens (tertiary/aromatic N) is 3. The third-order valence-corrected chi connectivity index (χ3v) is 5.44. The van der Waals surface area contributed by atoms with E-state index < -0.39 is 10.0 Å². The number of nitrogen functional groups attached to an aromatic ring is 1. The molecule has 0 radical (unpaired) electrons. The third-order valence-electron chi connectivity index (χ3n) is 3.55. The zero-order chi connectivity index (χ0) is 14.0. The monoisotopic (exact) mass is 284 g/mol. The molecule has 0 spiro atoms. The summed E-state index contributed by atoms with van der Waals surface area (Å²) in [6.45, 7) is 1.78. The van der Waals surface area contributed by atoms with Crippen molar-refractivity contribution in [1.29, 1.82) is 0 Å². The lowest BCUT2D eigenvalue weighted by atomic mass is 10.1. The minimum absolute atomic E-state index is 0.0151. The number of anilines is 1. The molecule has 2 heterocycles. The van der Waals surface area contributed by atoms with E-state index in [1.807, 2.05) is 7.05 Å². The molecule has 1 aromatic heterocycles. The van der Waals surface area contributed by atoms with E-state index in [4.69, 9.17) is 5.73 Å². The number of likely N-dealkylation sites (N-methyl/N-ethyl adjacent to an activating group) is 2. The number of rotatable bonds is 3. The highest BCUT2D eigenvalue weighted by Gasteiger charge is 2.30. The number of nitrogens with two attached hydrogens (primary N) is 1. The summed E-state index contributed by atoms with van der Waals surface area (Å²) in [5.41, 5.74) is 5.48. The van der Waals surface area contributed by atoms with E-state index in [1.54, 1.807) is 7.05 Å². The van der Waals surface area contributed by atoms with Gasteiger partial charge in [-0.1, -0.05) is 0 Å². The largest absolute Gasteiger partial charge is 0.384 e. The van der Waals surface area contributed by atoms with Crippen molar-refractivity contribution in [3.63, 3.8) is 0 Å².